The lowest BCUT2D eigenvalue weighted by Crippen LogP contribution is -2.43. The van der Waals surface area contributed by atoms with Crippen LogP contribution < -0.4 is 4.31 Å². The molecule has 0 bridgehead atoms. The van der Waals surface area contributed by atoms with Crippen LogP contribution in [0.1, 0.15) is 19.8 Å². The van der Waals surface area contributed by atoms with Crippen LogP contribution in [0.25, 0.3) is 0 Å². The summed E-state index contributed by atoms with van der Waals surface area (Å²) in [6.07, 6.45) is 1.81. The van der Waals surface area contributed by atoms with Gasteiger partial charge in [-0.05, 0) is 44.0 Å². The minimum Gasteiger partial charge on any atom is -0.508 e. The molecule has 0 amide bonds. The van der Waals surface area contributed by atoms with Gasteiger partial charge >= 0.3 is 10.2 Å². The molecule has 1 aromatic carbocycles. The summed E-state index contributed by atoms with van der Waals surface area (Å²) in [5.41, 5.74) is 0.548. The highest BCUT2D eigenvalue weighted by Crippen LogP contribution is 2.26. The summed E-state index contributed by atoms with van der Waals surface area (Å²) in [6, 6.07) is 6.19. The van der Waals surface area contributed by atoms with E-state index in [0.29, 0.717) is 12.2 Å². The lowest BCUT2D eigenvalue weighted by Gasteiger charge is -2.28. The maximum absolute atomic E-state index is 12.4. The van der Waals surface area contributed by atoms with Gasteiger partial charge in [0.05, 0.1) is 5.69 Å². The molecular weight excluding hydrogens is 252 g/mol. The Morgan fingerprint density at radius 3 is 2.44 bits per heavy atom. The summed E-state index contributed by atoms with van der Waals surface area (Å²) in [4.78, 5) is 0. The standard InChI is InChI=1S/C12H18N2O3S/c1-10-4-3-9-14(10)18(16,17)13(2)11-5-7-12(15)8-6-11/h5-8,10,15H,3-4,9H2,1-2H3/t10-/m0/s1. The first kappa shape index (κ1) is 13.2. The summed E-state index contributed by atoms with van der Waals surface area (Å²) in [5.74, 6) is 0.124. The Labute approximate surface area is 108 Å². The fraction of sp³-hybridized carbons (Fsp3) is 0.500. The van der Waals surface area contributed by atoms with Gasteiger partial charge < -0.3 is 5.11 Å². The molecule has 1 atom stereocenters. The lowest BCUT2D eigenvalue weighted by atomic mass is 10.3. The number of aromatic hydroxyl groups is 1. The van der Waals surface area contributed by atoms with Gasteiger partial charge in [-0.3, -0.25) is 4.31 Å². The highest BCUT2D eigenvalue weighted by Gasteiger charge is 2.34. The molecule has 1 fully saturated rings. The Bertz CT molecular complexity index is 513. The summed E-state index contributed by atoms with van der Waals surface area (Å²) in [6.45, 7) is 2.50. The molecule has 0 unspecified atom stereocenters. The van der Waals surface area contributed by atoms with Crippen LogP contribution in [0, 0.1) is 0 Å². The second-order valence-electron chi connectivity index (χ2n) is 4.59. The molecule has 2 rings (SSSR count). The second-order valence-corrected chi connectivity index (χ2v) is 6.51. The van der Waals surface area contributed by atoms with Crippen LogP contribution in [0.4, 0.5) is 5.69 Å². The van der Waals surface area contributed by atoms with E-state index in [-0.39, 0.29) is 11.8 Å². The van der Waals surface area contributed by atoms with Gasteiger partial charge in [0.15, 0.2) is 0 Å². The van der Waals surface area contributed by atoms with Crippen molar-refractivity contribution < 1.29 is 13.5 Å². The molecule has 0 aromatic heterocycles. The zero-order valence-corrected chi connectivity index (χ0v) is 11.4. The quantitative estimate of drug-likeness (QED) is 0.906. The van der Waals surface area contributed by atoms with Gasteiger partial charge in [0, 0.05) is 19.6 Å². The number of anilines is 1. The topological polar surface area (TPSA) is 60.9 Å². The molecule has 1 saturated heterocycles. The summed E-state index contributed by atoms with van der Waals surface area (Å²) in [7, 11) is -1.93. The molecule has 1 heterocycles. The van der Waals surface area contributed by atoms with Crippen LogP contribution >= 0.6 is 0 Å². The number of benzene rings is 1. The third kappa shape index (κ3) is 2.30. The van der Waals surface area contributed by atoms with E-state index in [2.05, 4.69) is 0 Å². The lowest BCUT2D eigenvalue weighted by molar-refractivity contribution is 0.407. The van der Waals surface area contributed by atoms with Gasteiger partial charge in [-0.1, -0.05) is 0 Å². The van der Waals surface area contributed by atoms with E-state index in [0.717, 1.165) is 12.8 Å². The largest absolute Gasteiger partial charge is 0.508 e. The third-order valence-electron chi connectivity index (χ3n) is 3.35. The van der Waals surface area contributed by atoms with Crippen LogP contribution in [-0.4, -0.2) is 37.5 Å². The van der Waals surface area contributed by atoms with Crippen molar-refractivity contribution in [1.29, 1.82) is 0 Å². The number of hydrogen-bond donors (Lipinski definition) is 1. The Balaban J connectivity index is 2.27. The van der Waals surface area contributed by atoms with Crippen LogP contribution in [-0.2, 0) is 10.2 Å². The molecule has 1 aromatic rings. The zero-order valence-electron chi connectivity index (χ0n) is 10.6. The molecule has 0 radical (unpaired) electrons. The average Bonchev–Trinajstić information content (AvgIpc) is 2.76. The van der Waals surface area contributed by atoms with E-state index in [4.69, 9.17) is 0 Å². The second kappa shape index (κ2) is 4.78. The van der Waals surface area contributed by atoms with Crippen LogP contribution in [0.5, 0.6) is 5.75 Å². The number of hydrogen-bond acceptors (Lipinski definition) is 3. The van der Waals surface area contributed by atoms with Crippen LogP contribution in [0.3, 0.4) is 0 Å². The van der Waals surface area contributed by atoms with Crippen molar-refractivity contribution >= 4 is 15.9 Å². The van der Waals surface area contributed by atoms with Crippen LogP contribution in [0.2, 0.25) is 0 Å². The average molecular weight is 270 g/mol. The SMILES string of the molecule is C[C@H]1CCCN1S(=O)(=O)N(C)c1ccc(O)cc1. The minimum absolute atomic E-state index is 0.0505. The fourth-order valence-electron chi connectivity index (χ4n) is 2.20. The molecule has 6 heteroatoms. The van der Waals surface area contributed by atoms with E-state index in [9.17, 15) is 13.5 Å². The third-order valence-corrected chi connectivity index (χ3v) is 5.39. The van der Waals surface area contributed by atoms with Crippen molar-refractivity contribution in [2.75, 3.05) is 17.9 Å². The number of phenols is 1. The highest BCUT2D eigenvalue weighted by molar-refractivity contribution is 7.90. The molecule has 18 heavy (non-hydrogen) atoms. The zero-order chi connectivity index (χ0) is 13.3. The van der Waals surface area contributed by atoms with Crippen molar-refractivity contribution in [3.05, 3.63) is 24.3 Å². The normalized spacial score (nSPS) is 21.1. The maximum Gasteiger partial charge on any atom is 0.304 e. The molecule has 0 saturated carbocycles. The molecule has 1 N–H and O–H groups in total. The minimum atomic E-state index is -3.47. The number of phenolic OH excluding ortho intramolecular Hbond substituents is 1. The molecule has 100 valence electrons. The van der Waals surface area contributed by atoms with Gasteiger partial charge in [-0.2, -0.15) is 12.7 Å². The van der Waals surface area contributed by atoms with Gasteiger partial charge in [0.1, 0.15) is 5.75 Å². The Kier molecular flexibility index (Phi) is 3.49. The number of nitrogens with zero attached hydrogens (tertiary/aromatic N) is 2. The monoisotopic (exact) mass is 270 g/mol. The summed E-state index contributed by atoms with van der Waals surface area (Å²) >= 11 is 0. The maximum atomic E-state index is 12.4. The molecule has 1 aliphatic rings. The van der Waals surface area contributed by atoms with Crippen molar-refractivity contribution in [2.45, 2.75) is 25.8 Å². The van der Waals surface area contributed by atoms with E-state index < -0.39 is 10.2 Å². The Morgan fingerprint density at radius 2 is 1.94 bits per heavy atom. The number of rotatable bonds is 3. The van der Waals surface area contributed by atoms with Crippen LogP contribution in [0.15, 0.2) is 24.3 Å². The molecular formula is C12H18N2O3S. The van der Waals surface area contributed by atoms with Gasteiger partial charge in [-0.15, -0.1) is 0 Å². The predicted molar refractivity (Wildman–Crippen MR) is 70.8 cm³/mol. The summed E-state index contributed by atoms with van der Waals surface area (Å²) in [5, 5.41) is 9.22. The van der Waals surface area contributed by atoms with Gasteiger partial charge in [0.25, 0.3) is 0 Å². The first-order valence-corrected chi connectivity index (χ1v) is 7.37. The predicted octanol–water partition coefficient (Wildman–Crippen LogP) is 1.56. The van der Waals surface area contributed by atoms with E-state index in [1.165, 1.54) is 27.8 Å². The van der Waals surface area contributed by atoms with Gasteiger partial charge in [-0.25, -0.2) is 0 Å². The van der Waals surface area contributed by atoms with Crippen molar-refractivity contribution in [3.63, 3.8) is 0 Å². The smallest absolute Gasteiger partial charge is 0.304 e. The summed E-state index contributed by atoms with van der Waals surface area (Å²) < 4.78 is 27.6. The fourth-order valence-corrected chi connectivity index (χ4v) is 3.83. The van der Waals surface area contributed by atoms with E-state index >= 15 is 0 Å². The Morgan fingerprint density at radius 1 is 1.33 bits per heavy atom. The van der Waals surface area contributed by atoms with Gasteiger partial charge in [0.2, 0.25) is 0 Å². The van der Waals surface area contributed by atoms with Crippen molar-refractivity contribution in [2.24, 2.45) is 0 Å². The molecule has 0 spiro atoms. The van der Waals surface area contributed by atoms with Crippen molar-refractivity contribution in [1.82, 2.24) is 4.31 Å². The molecule has 0 aliphatic carbocycles. The first-order valence-electron chi connectivity index (χ1n) is 5.97. The van der Waals surface area contributed by atoms with E-state index in [1.807, 2.05) is 6.92 Å². The highest BCUT2D eigenvalue weighted by atomic mass is 32.2. The first-order chi connectivity index (χ1) is 8.43. The van der Waals surface area contributed by atoms with Crippen molar-refractivity contribution in [3.8, 4) is 5.75 Å². The molecule has 1 aliphatic heterocycles. The Hall–Kier alpha value is -1.27. The molecule has 5 nitrogen and oxygen atoms in total. The van der Waals surface area contributed by atoms with E-state index in [1.54, 1.807) is 12.1 Å².